The Labute approximate surface area is 143 Å². The van der Waals surface area contributed by atoms with Crippen LogP contribution >= 0.6 is 23.1 Å². The Hall–Kier alpha value is -1.92. The number of carbonyl (C=O) groups excluding carboxylic acids is 1. The van der Waals surface area contributed by atoms with Crippen molar-refractivity contribution in [2.24, 2.45) is 0 Å². The molecule has 3 rings (SSSR count). The molecule has 2 N–H and O–H groups in total. The topological polar surface area (TPSA) is 50.4 Å². The molecule has 1 unspecified atom stereocenters. The molecule has 0 bridgehead atoms. The summed E-state index contributed by atoms with van der Waals surface area (Å²) in [5.74, 6) is 0.712. The molecule has 4 nitrogen and oxygen atoms in total. The van der Waals surface area contributed by atoms with Crippen LogP contribution in [0.1, 0.15) is 16.0 Å². The van der Waals surface area contributed by atoms with E-state index in [1.807, 2.05) is 43.5 Å². The Kier molecular flexibility index (Phi) is 4.63. The van der Waals surface area contributed by atoms with Crippen molar-refractivity contribution in [3.05, 3.63) is 50.6 Å². The molecule has 0 aliphatic carbocycles. The molecule has 0 radical (unpaired) electrons. The molecule has 1 aromatic carbocycles. The maximum absolute atomic E-state index is 12.2. The number of carbonyl (C=O) groups is 1. The second-order valence-corrected chi connectivity index (χ2v) is 7.39. The fraction of sp³-hybridized carbons (Fsp3) is 0.235. The highest BCUT2D eigenvalue weighted by Gasteiger charge is 2.28. The molecule has 1 atom stereocenters. The molecule has 2 heterocycles. The van der Waals surface area contributed by atoms with Crippen molar-refractivity contribution in [3.8, 4) is 5.75 Å². The maximum atomic E-state index is 12.2. The fourth-order valence-corrected chi connectivity index (χ4v) is 4.18. The van der Waals surface area contributed by atoms with E-state index in [-0.39, 0.29) is 11.4 Å². The van der Waals surface area contributed by atoms with Gasteiger partial charge in [0.05, 0.1) is 17.7 Å². The summed E-state index contributed by atoms with van der Waals surface area (Å²) in [7, 11) is 1.64. The lowest BCUT2D eigenvalue weighted by Crippen LogP contribution is -2.31. The second kappa shape index (κ2) is 6.68. The molecule has 23 heavy (non-hydrogen) atoms. The summed E-state index contributed by atoms with van der Waals surface area (Å²) < 4.78 is 5.37. The molecule has 120 valence electrons. The average Bonchev–Trinajstić information content (AvgIpc) is 3.06. The summed E-state index contributed by atoms with van der Waals surface area (Å²) >= 11 is 3.13. The lowest BCUT2D eigenvalue weighted by molar-refractivity contribution is -0.116. The van der Waals surface area contributed by atoms with E-state index in [2.05, 4.69) is 16.7 Å². The Balaban J connectivity index is 1.77. The predicted molar refractivity (Wildman–Crippen MR) is 97.9 cm³/mol. The van der Waals surface area contributed by atoms with E-state index in [1.54, 1.807) is 18.4 Å². The van der Waals surface area contributed by atoms with Crippen LogP contribution in [0.5, 0.6) is 5.75 Å². The Morgan fingerprint density at radius 1 is 1.30 bits per heavy atom. The molecule has 0 saturated carbocycles. The van der Waals surface area contributed by atoms with E-state index < -0.39 is 0 Å². The zero-order chi connectivity index (χ0) is 16.4. The van der Waals surface area contributed by atoms with Gasteiger partial charge in [-0.15, -0.1) is 11.3 Å². The van der Waals surface area contributed by atoms with Gasteiger partial charge in [0.2, 0.25) is 0 Å². The van der Waals surface area contributed by atoms with E-state index in [4.69, 9.17) is 4.74 Å². The summed E-state index contributed by atoms with van der Waals surface area (Å²) in [5.41, 5.74) is 2.99. The number of anilines is 1. The molecular formula is C17H18N2O2S2. The summed E-state index contributed by atoms with van der Waals surface area (Å²) in [5, 5.41) is 8.31. The molecular weight excluding hydrogens is 328 g/mol. The van der Waals surface area contributed by atoms with Crippen molar-refractivity contribution in [1.29, 1.82) is 0 Å². The molecule has 1 aliphatic heterocycles. The van der Waals surface area contributed by atoms with Crippen molar-refractivity contribution in [2.45, 2.75) is 19.3 Å². The fourth-order valence-electron chi connectivity index (χ4n) is 2.29. The van der Waals surface area contributed by atoms with E-state index in [0.29, 0.717) is 0 Å². The normalized spacial score (nSPS) is 19.0. The van der Waals surface area contributed by atoms with Crippen molar-refractivity contribution < 1.29 is 9.53 Å². The zero-order valence-corrected chi connectivity index (χ0v) is 14.8. The zero-order valence-electron chi connectivity index (χ0n) is 13.2. The van der Waals surface area contributed by atoms with Crippen LogP contribution in [0.3, 0.4) is 0 Å². The first kappa shape index (κ1) is 16.0. The van der Waals surface area contributed by atoms with Gasteiger partial charge in [-0.25, -0.2) is 0 Å². The van der Waals surface area contributed by atoms with Gasteiger partial charge in [0, 0.05) is 4.88 Å². The number of amides is 1. The van der Waals surface area contributed by atoms with Crippen molar-refractivity contribution in [1.82, 2.24) is 5.32 Å². The third-order valence-electron chi connectivity index (χ3n) is 3.54. The molecule has 1 saturated heterocycles. The van der Waals surface area contributed by atoms with Crippen molar-refractivity contribution in [2.75, 3.05) is 12.4 Å². The third kappa shape index (κ3) is 3.54. The number of thiophene rings is 1. The standard InChI is InChI=1S/C17H18N2O2S2/c1-10-4-5-13(21-3)12(8-10)18-17-19-16(20)15(23-17)9-14-11(2)6-7-22-14/h4-9,17-18H,1-3H3,(H,19,20)/b15-9-. The number of benzene rings is 1. The Bertz CT molecular complexity index is 768. The summed E-state index contributed by atoms with van der Waals surface area (Å²) in [6.45, 7) is 4.07. The lowest BCUT2D eigenvalue weighted by Gasteiger charge is -2.16. The highest BCUT2D eigenvalue weighted by Crippen LogP contribution is 2.34. The number of nitrogens with one attached hydrogen (secondary N) is 2. The SMILES string of the molecule is COc1ccc(C)cc1NC1NC(=O)/C(=C/c2sccc2C)S1. The smallest absolute Gasteiger partial charge is 0.260 e. The quantitative estimate of drug-likeness (QED) is 0.823. The van der Waals surface area contributed by atoms with Crippen LogP contribution in [0.15, 0.2) is 34.6 Å². The molecule has 1 fully saturated rings. The van der Waals surface area contributed by atoms with Crippen LogP contribution < -0.4 is 15.4 Å². The molecule has 2 aromatic rings. The minimum atomic E-state index is -0.204. The van der Waals surface area contributed by atoms with Gasteiger partial charge in [-0.05, 0) is 54.6 Å². The number of aryl methyl sites for hydroxylation is 2. The summed E-state index contributed by atoms with van der Waals surface area (Å²) in [6.07, 6.45) is 1.95. The van der Waals surface area contributed by atoms with Gasteiger partial charge < -0.3 is 15.4 Å². The van der Waals surface area contributed by atoms with Crippen LogP contribution in [0, 0.1) is 13.8 Å². The number of ether oxygens (including phenoxy) is 1. The van der Waals surface area contributed by atoms with E-state index in [0.717, 1.165) is 26.8 Å². The first-order valence-corrected chi connectivity index (χ1v) is 8.97. The van der Waals surface area contributed by atoms with Crippen LogP contribution in [0.25, 0.3) is 6.08 Å². The van der Waals surface area contributed by atoms with Gasteiger partial charge in [0.15, 0.2) is 5.50 Å². The minimum absolute atomic E-state index is 0.0491. The summed E-state index contributed by atoms with van der Waals surface area (Å²) in [4.78, 5) is 14.0. The highest BCUT2D eigenvalue weighted by molar-refractivity contribution is 8.05. The molecule has 1 aromatic heterocycles. The van der Waals surface area contributed by atoms with Crippen LogP contribution in [-0.2, 0) is 4.79 Å². The number of methoxy groups -OCH3 is 1. The number of hydrogen-bond acceptors (Lipinski definition) is 5. The summed E-state index contributed by atoms with van der Waals surface area (Å²) in [6, 6.07) is 7.98. The second-order valence-electron chi connectivity index (χ2n) is 5.30. The van der Waals surface area contributed by atoms with Gasteiger partial charge in [-0.1, -0.05) is 17.8 Å². The lowest BCUT2D eigenvalue weighted by atomic mass is 10.2. The minimum Gasteiger partial charge on any atom is -0.495 e. The van der Waals surface area contributed by atoms with Crippen molar-refractivity contribution >= 4 is 40.8 Å². The highest BCUT2D eigenvalue weighted by atomic mass is 32.2. The number of rotatable bonds is 4. The first-order chi connectivity index (χ1) is 11.1. The number of thioether (sulfide) groups is 1. The monoisotopic (exact) mass is 346 g/mol. The van der Waals surface area contributed by atoms with Crippen LogP contribution in [0.4, 0.5) is 5.69 Å². The predicted octanol–water partition coefficient (Wildman–Crippen LogP) is 3.97. The molecule has 1 amide bonds. The average molecular weight is 346 g/mol. The third-order valence-corrected chi connectivity index (χ3v) is 5.53. The van der Waals surface area contributed by atoms with Gasteiger partial charge >= 0.3 is 0 Å². The van der Waals surface area contributed by atoms with E-state index >= 15 is 0 Å². The van der Waals surface area contributed by atoms with Gasteiger partial charge in [-0.3, -0.25) is 4.79 Å². The van der Waals surface area contributed by atoms with Gasteiger partial charge in [-0.2, -0.15) is 0 Å². The number of hydrogen-bond donors (Lipinski definition) is 2. The van der Waals surface area contributed by atoms with Crippen molar-refractivity contribution in [3.63, 3.8) is 0 Å². The maximum Gasteiger partial charge on any atom is 0.260 e. The molecule has 0 spiro atoms. The Morgan fingerprint density at radius 2 is 2.13 bits per heavy atom. The largest absolute Gasteiger partial charge is 0.495 e. The van der Waals surface area contributed by atoms with Gasteiger partial charge in [0.1, 0.15) is 5.75 Å². The van der Waals surface area contributed by atoms with Crippen LogP contribution in [0.2, 0.25) is 0 Å². The molecule has 1 aliphatic rings. The van der Waals surface area contributed by atoms with E-state index in [1.165, 1.54) is 17.3 Å². The molecule has 6 heteroatoms. The van der Waals surface area contributed by atoms with E-state index in [9.17, 15) is 4.79 Å². The van der Waals surface area contributed by atoms with Crippen LogP contribution in [-0.4, -0.2) is 18.5 Å². The first-order valence-electron chi connectivity index (χ1n) is 7.21. The Morgan fingerprint density at radius 3 is 2.83 bits per heavy atom. The van der Waals surface area contributed by atoms with Gasteiger partial charge in [0.25, 0.3) is 5.91 Å².